The molecule has 1 amide bonds. The monoisotopic (exact) mass is 270 g/mol. The molecule has 1 aromatic heterocycles. The zero-order valence-corrected chi connectivity index (χ0v) is 11.5. The first kappa shape index (κ1) is 12.7. The third kappa shape index (κ3) is 2.27. The van der Waals surface area contributed by atoms with Crippen molar-refractivity contribution in [1.82, 2.24) is 10.3 Å². The molecule has 20 heavy (non-hydrogen) atoms. The number of hydrogen-bond acceptors (Lipinski definition) is 4. The number of pyridine rings is 1. The fourth-order valence-corrected chi connectivity index (χ4v) is 2.84. The Labute approximate surface area is 117 Å². The first-order valence-corrected chi connectivity index (χ1v) is 6.80. The first-order chi connectivity index (χ1) is 9.65. The van der Waals surface area contributed by atoms with Crippen LogP contribution in [0.2, 0.25) is 0 Å². The molecule has 1 aliphatic rings. The van der Waals surface area contributed by atoms with Gasteiger partial charge in [0.2, 0.25) is 5.91 Å². The second-order valence-electron chi connectivity index (χ2n) is 5.21. The topological polar surface area (TPSA) is 71.2 Å². The van der Waals surface area contributed by atoms with Crippen molar-refractivity contribution >= 4 is 28.2 Å². The van der Waals surface area contributed by atoms with Crippen LogP contribution in [0.5, 0.6) is 0 Å². The summed E-state index contributed by atoms with van der Waals surface area (Å²) < 4.78 is 0. The molecular weight excluding hydrogens is 252 g/mol. The number of carbonyl (C=O) groups is 1. The largest absolute Gasteiger partial charge is 0.397 e. The lowest BCUT2D eigenvalue weighted by Crippen LogP contribution is -2.35. The second kappa shape index (κ2) is 5.00. The highest BCUT2D eigenvalue weighted by molar-refractivity contribution is 5.98. The van der Waals surface area contributed by atoms with Gasteiger partial charge in [-0.3, -0.25) is 9.78 Å². The number of nitrogens with zero attached hydrogens (tertiary/aromatic N) is 2. The highest BCUT2D eigenvalue weighted by Crippen LogP contribution is 2.30. The Kier molecular flexibility index (Phi) is 3.18. The summed E-state index contributed by atoms with van der Waals surface area (Å²) in [6.45, 7) is 3.32. The third-order valence-corrected chi connectivity index (χ3v) is 3.72. The zero-order chi connectivity index (χ0) is 14.1. The van der Waals surface area contributed by atoms with Crippen molar-refractivity contribution in [3.63, 3.8) is 0 Å². The van der Waals surface area contributed by atoms with Crippen LogP contribution >= 0.6 is 0 Å². The number of benzene rings is 1. The lowest BCUT2D eigenvalue weighted by atomic mass is 10.1. The quantitative estimate of drug-likeness (QED) is 0.812. The molecular formula is C15H18N4O. The van der Waals surface area contributed by atoms with Crippen LogP contribution in [0.1, 0.15) is 13.3 Å². The van der Waals surface area contributed by atoms with Crippen molar-refractivity contribution in [2.45, 2.75) is 19.4 Å². The molecule has 1 fully saturated rings. The van der Waals surface area contributed by atoms with Crippen LogP contribution in [0.15, 0.2) is 30.5 Å². The minimum Gasteiger partial charge on any atom is -0.397 e. The molecule has 1 saturated heterocycles. The number of carbonyl (C=O) groups excluding carboxylic acids is 1. The predicted octanol–water partition coefficient (Wildman–Crippen LogP) is 1.53. The molecule has 5 nitrogen and oxygen atoms in total. The van der Waals surface area contributed by atoms with E-state index in [1.165, 1.54) is 0 Å². The molecule has 0 radical (unpaired) electrons. The lowest BCUT2D eigenvalue weighted by molar-refractivity contribution is -0.119. The van der Waals surface area contributed by atoms with Crippen LogP contribution in [0, 0.1) is 0 Å². The SMILES string of the molecule is CC(=O)NC1CCN(c2ccnc3c(N)cccc23)C1. The fraction of sp³-hybridized carbons (Fsp3) is 0.333. The van der Waals surface area contributed by atoms with Gasteiger partial charge in [-0.2, -0.15) is 0 Å². The maximum Gasteiger partial charge on any atom is 0.217 e. The van der Waals surface area contributed by atoms with Gasteiger partial charge in [0.1, 0.15) is 0 Å². The summed E-state index contributed by atoms with van der Waals surface area (Å²) >= 11 is 0. The minimum atomic E-state index is 0.0284. The van der Waals surface area contributed by atoms with Gasteiger partial charge in [0.15, 0.2) is 0 Å². The molecule has 3 rings (SSSR count). The summed E-state index contributed by atoms with van der Waals surface area (Å²) in [5.74, 6) is 0.0284. The Morgan fingerprint density at radius 3 is 3.10 bits per heavy atom. The summed E-state index contributed by atoms with van der Waals surface area (Å²) in [5.41, 5.74) is 8.65. The molecule has 0 bridgehead atoms. The summed E-state index contributed by atoms with van der Waals surface area (Å²) in [4.78, 5) is 17.8. The van der Waals surface area contributed by atoms with Crippen molar-refractivity contribution in [3.05, 3.63) is 30.5 Å². The van der Waals surface area contributed by atoms with Crippen LogP contribution in [0.3, 0.4) is 0 Å². The summed E-state index contributed by atoms with van der Waals surface area (Å²) in [6, 6.07) is 8.09. The van der Waals surface area contributed by atoms with Gasteiger partial charge >= 0.3 is 0 Å². The molecule has 0 aliphatic carbocycles. The van der Waals surface area contributed by atoms with E-state index in [0.29, 0.717) is 5.69 Å². The molecule has 2 aromatic rings. The Morgan fingerprint density at radius 2 is 2.30 bits per heavy atom. The van der Waals surface area contributed by atoms with Crippen LogP contribution in [-0.4, -0.2) is 30.0 Å². The van der Waals surface area contributed by atoms with E-state index >= 15 is 0 Å². The molecule has 104 valence electrons. The number of amides is 1. The van der Waals surface area contributed by atoms with Crippen molar-refractivity contribution in [2.24, 2.45) is 0 Å². The molecule has 1 atom stereocenters. The number of aromatic nitrogens is 1. The number of fused-ring (bicyclic) bond motifs is 1. The van der Waals surface area contributed by atoms with E-state index in [1.54, 1.807) is 13.1 Å². The van der Waals surface area contributed by atoms with E-state index in [0.717, 1.165) is 36.1 Å². The summed E-state index contributed by atoms with van der Waals surface area (Å²) in [7, 11) is 0. The van der Waals surface area contributed by atoms with Crippen LogP contribution in [0.4, 0.5) is 11.4 Å². The molecule has 3 N–H and O–H groups in total. The molecule has 1 unspecified atom stereocenters. The average Bonchev–Trinajstić information content (AvgIpc) is 2.86. The maximum absolute atomic E-state index is 11.1. The highest BCUT2D eigenvalue weighted by atomic mass is 16.1. The van der Waals surface area contributed by atoms with Gasteiger partial charge in [0.25, 0.3) is 0 Å². The number of nitrogens with two attached hydrogens (primary N) is 1. The molecule has 1 aromatic carbocycles. The number of anilines is 2. The van der Waals surface area contributed by atoms with E-state index in [1.807, 2.05) is 24.3 Å². The van der Waals surface area contributed by atoms with Crippen molar-refractivity contribution in [3.8, 4) is 0 Å². The number of para-hydroxylation sites is 1. The van der Waals surface area contributed by atoms with Gasteiger partial charge in [-0.25, -0.2) is 0 Å². The van der Waals surface area contributed by atoms with Gasteiger partial charge in [-0.05, 0) is 18.6 Å². The van der Waals surface area contributed by atoms with E-state index in [2.05, 4.69) is 15.2 Å². The molecule has 1 aliphatic heterocycles. The Balaban J connectivity index is 1.92. The predicted molar refractivity (Wildman–Crippen MR) is 80.6 cm³/mol. The van der Waals surface area contributed by atoms with Crippen LogP contribution < -0.4 is 16.0 Å². The summed E-state index contributed by atoms with van der Waals surface area (Å²) in [6.07, 6.45) is 2.76. The Bertz CT molecular complexity index is 655. The second-order valence-corrected chi connectivity index (χ2v) is 5.21. The Hall–Kier alpha value is -2.30. The fourth-order valence-electron chi connectivity index (χ4n) is 2.84. The summed E-state index contributed by atoms with van der Waals surface area (Å²) in [5, 5.41) is 4.05. The van der Waals surface area contributed by atoms with Gasteiger partial charge in [0, 0.05) is 43.3 Å². The van der Waals surface area contributed by atoms with Gasteiger partial charge in [0.05, 0.1) is 11.2 Å². The third-order valence-electron chi connectivity index (χ3n) is 3.72. The molecule has 5 heteroatoms. The van der Waals surface area contributed by atoms with E-state index in [9.17, 15) is 4.79 Å². The van der Waals surface area contributed by atoms with Crippen LogP contribution in [0.25, 0.3) is 10.9 Å². The number of rotatable bonds is 2. The number of hydrogen-bond donors (Lipinski definition) is 2. The van der Waals surface area contributed by atoms with Gasteiger partial charge in [-0.15, -0.1) is 0 Å². The molecule has 0 saturated carbocycles. The van der Waals surface area contributed by atoms with Gasteiger partial charge < -0.3 is 16.0 Å². The number of nitrogens with one attached hydrogen (secondary N) is 1. The average molecular weight is 270 g/mol. The normalized spacial score (nSPS) is 18.4. The van der Waals surface area contributed by atoms with E-state index < -0.39 is 0 Å². The molecule has 2 heterocycles. The molecule has 0 spiro atoms. The minimum absolute atomic E-state index is 0.0284. The smallest absolute Gasteiger partial charge is 0.217 e. The standard InChI is InChI=1S/C15H18N4O/c1-10(20)18-11-6-8-19(9-11)14-5-7-17-15-12(14)3-2-4-13(15)16/h2-5,7,11H,6,8-9,16H2,1H3,(H,18,20). The number of nitrogen functional groups attached to an aromatic ring is 1. The van der Waals surface area contributed by atoms with E-state index in [-0.39, 0.29) is 11.9 Å². The van der Waals surface area contributed by atoms with Crippen molar-refractivity contribution in [2.75, 3.05) is 23.7 Å². The van der Waals surface area contributed by atoms with Crippen molar-refractivity contribution < 1.29 is 4.79 Å². The highest BCUT2D eigenvalue weighted by Gasteiger charge is 2.24. The first-order valence-electron chi connectivity index (χ1n) is 6.80. The van der Waals surface area contributed by atoms with Crippen molar-refractivity contribution in [1.29, 1.82) is 0 Å². The van der Waals surface area contributed by atoms with Gasteiger partial charge in [-0.1, -0.05) is 12.1 Å². The maximum atomic E-state index is 11.1. The lowest BCUT2D eigenvalue weighted by Gasteiger charge is -2.20. The van der Waals surface area contributed by atoms with Crippen LogP contribution in [-0.2, 0) is 4.79 Å². The Morgan fingerprint density at radius 1 is 1.45 bits per heavy atom. The zero-order valence-electron chi connectivity index (χ0n) is 11.5. The van der Waals surface area contributed by atoms with E-state index in [4.69, 9.17) is 5.73 Å².